The van der Waals surface area contributed by atoms with Crippen LogP contribution in [0.15, 0.2) is 36.8 Å². The van der Waals surface area contributed by atoms with Crippen molar-refractivity contribution >= 4 is 22.7 Å². The van der Waals surface area contributed by atoms with Gasteiger partial charge >= 0.3 is 6.18 Å². The molecule has 0 N–H and O–H groups in total. The number of hydrogen-bond acceptors (Lipinski definition) is 6. The van der Waals surface area contributed by atoms with Gasteiger partial charge in [0.2, 0.25) is 0 Å². The molecule has 0 aliphatic carbocycles. The van der Waals surface area contributed by atoms with Crippen molar-refractivity contribution in [2.75, 3.05) is 13.1 Å². The molecule has 11 heteroatoms. The molecule has 0 radical (unpaired) electrons. The minimum atomic E-state index is -4.78. The lowest BCUT2D eigenvalue weighted by Crippen LogP contribution is -2.40. The molecule has 0 spiro atoms. The molecular weight excluding hydrogens is 423 g/mol. The minimum absolute atomic E-state index is 0.0475. The molecule has 1 atom stereocenters. The molecule has 4 aromatic heterocycles. The number of alkyl halides is 3. The van der Waals surface area contributed by atoms with Crippen molar-refractivity contribution in [3.63, 3.8) is 0 Å². The van der Waals surface area contributed by atoms with E-state index in [0.29, 0.717) is 24.1 Å². The number of pyridine rings is 2. The average molecular weight is 441 g/mol. The molecular formula is C21H18F3N7O. The zero-order valence-electron chi connectivity index (χ0n) is 17.0. The van der Waals surface area contributed by atoms with Crippen molar-refractivity contribution < 1.29 is 18.0 Å². The molecule has 1 saturated heterocycles. The molecule has 1 fully saturated rings. The normalized spacial score (nSPS) is 17.2. The van der Waals surface area contributed by atoms with Crippen LogP contribution in [0, 0.1) is 6.92 Å². The highest BCUT2D eigenvalue weighted by atomic mass is 19.4. The van der Waals surface area contributed by atoms with E-state index in [0.717, 1.165) is 17.8 Å². The first-order valence-corrected chi connectivity index (χ1v) is 10.1. The number of amides is 1. The summed E-state index contributed by atoms with van der Waals surface area (Å²) in [4.78, 5) is 30.8. The van der Waals surface area contributed by atoms with E-state index in [-0.39, 0.29) is 18.1 Å². The van der Waals surface area contributed by atoms with Crippen LogP contribution in [0.25, 0.3) is 16.8 Å². The van der Waals surface area contributed by atoms with Crippen LogP contribution in [0.2, 0.25) is 0 Å². The van der Waals surface area contributed by atoms with Gasteiger partial charge in [0, 0.05) is 36.3 Å². The van der Waals surface area contributed by atoms with Gasteiger partial charge in [-0.3, -0.25) is 4.79 Å². The van der Waals surface area contributed by atoms with Crippen LogP contribution < -0.4 is 0 Å². The second-order valence-corrected chi connectivity index (χ2v) is 7.82. The van der Waals surface area contributed by atoms with Crippen molar-refractivity contribution in [2.45, 2.75) is 31.9 Å². The van der Waals surface area contributed by atoms with Crippen molar-refractivity contribution in [1.82, 2.24) is 34.4 Å². The van der Waals surface area contributed by atoms with Gasteiger partial charge in [0.1, 0.15) is 6.33 Å². The summed E-state index contributed by atoms with van der Waals surface area (Å²) in [5, 5.41) is 4.60. The molecule has 0 aromatic carbocycles. The molecule has 1 aliphatic heterocycles. The molecule has 1 amide bonds. The van der Waals surface area contributed by atoms with E-state index < -0.39 is 23.3 Å². The number of hydrogen-bond donors (Lipinski definition) is 0. The summed E-state index contributed by atoms with van der Waals surface area (Å²) in [5.74, 6) is -0.349. The fraction of sp³-hybridized carbons (Fsp3) is 0.333. The fourth-order valence-electron chi connectivity index (χ4n) is 4.21. The van der Waals surface area contributed by atoms with Gasteiger partial charge < -0.3 is 4.90 Å². The number of aryl methyl sites for hydroxylation is 1. The molecule has 5 rings (SSSR count). The number of piperidine rings is 1. The maximum atomic E-state index is 13.7. The van der Waals surface area contributed by atoms with Crippen LogP contribution >= 0.6 is 0 Å². The summed E-state index contributed by atoms with van der Waals surface area (Å²) in [6.45, 7) is 2.47. The van der Waals surface area contributed by atoms with Crippen molar-refractivity contribution in [1.29, 1.82) is 0 Å². The molecule has 8 nitrogen and oxygen atoms in total. The third-order valence-corrected chi connectivity index (χ3v) is 5.62. The first-order valence-electron chi connectivity index (χ1n) is 10.1. The maximum Gasteiger partial charge on any atom is 0.434 e. The first kappa shape index (κ1) is 20.3. The lowest BCUT2D eigenvalue weighted by Gasteiger charge is -2.33. The molecule has 4 aromatic rings. The van der Waals surface area contributed by atoms with Gasteiger partial charge in [-0.2, -0.15) is 23.3 Å². The Morgan fingerprint density at radius 2 is 2.03 bits per heavy atom. The zero-order valence-corrected chi connectivity index (χ0v) is 17.0. The van der Waals surface area contributed by atoms with E-state index in [9.17, 15) is 18.0 Å². The number of halogens is 3. The molecule has 1 aliphatic rings. The van der Waals surface area contributed by atoms with E-state index in [1.165, 1.54) is 23.5 Å². The Hall–Kier alpha value is -3.63. The van der Waals surface area contributed by atoms with E-state index >= 15 is 0 Å². The fourth-order valence-corrected chi connectivity index (χ4v) is 4.21. The monoisotopic (exact) mass is 441 g/mol. The molecule has 164 valence electrons. The highest BCUT2D eigenvalue weighted by molar-refractivity contribution is 5.98. The Balaban J connectivity index is 1.52. The third kappa shape index (κ3) is 3.53. The predicted octanol–water partition coefficient (Wildman–Crippen LogP) is 3.41. The summed E-state index contributed by atoms with van der Waals surface area (Å²) in [5.41, 5.74) is -0.132. The Morgan fingerprint density at radius 1 is 1.19 bits per heavy atom. The Labute approximate surface area is 180 Å². The van der Waals surface area contributed by atoms with E-state index in [1.54, 1.807) is 16.6 Å². The summed E-state index contributed by atoms with van der Waals surface area (Å²) in [6.07, 6.45) is -0.581. The summed E-state index contributed by atoms with van der Waals surface area (Å²) >= 11 is 0. The summed E-state index contributed by atoms with van der Waals surface area (Å²) in [7, 11) is 0. The largest absolute Gasteiger partial charge is 0.434 e. The highest BCUT2D eigenvalue weighted by Gasteiger charge is 2.39. The molecule has 5 heterocycles. The number of carbonyl (C=O) groups excluding carboxylic acids is 1. The SMILES string of the molecule is Cc1cc([C@H]2CCCN(C(=O)c3cc4cccnc4nc3C(F)(F)F)C2)n2ncnc2n1. The predicted molar refractivity (Wildman–Crippen MR) is 108 cm³/mol. The van der Waals surface area contributed by atoms with Crippen molar-refractivity contribution in [2.24, 2.45) is 0 Å². The number of carbonyl (C=O) groups is 1. The van der Waals surface area contributed by atoms with Crippen LogP contribution in [-0.2, 0) is 6.18 Å². The smallest absolute Gasteiger partial charge is 0.338 e. The van der Waals surface area contributed by atoms with Gasteiger partial charge in [0.25, 0.3) is 11.7 Å². The number of likely N-dealkylation sites (tertiary alicyclic amines) is 1. The van der Waals surface area contributed by atoms with Gasteiger partial charge in [0.15, 0.2) is 11.3 Å². The van der Waals surface area contributed by atoms with Crippen LogP contribution in [-0.4, -0.2) is 53.4 Å². The maximum absolute atomic E-state index is 13.7. The van der Waals surface area contributed by atoms with E-state index in [2.05, 4.69) is 25.0 Å². The number of fused-ring (bicyclic) bond motifs is 2. The van der Waals surface area contributed by atoms with Gasteiger partial charge in [-0.1, -0.05) is 0 Å². The quantitative estimate of drug-likeness (QED) is 0.474. The van der Waals surface area contributed by atoms with Crippen molar-refractivity contribution in [3.05, 3.63) is 59.4 Å². The van der Waals surface area contributed by atoms with Gasteiger partial charge in [-0.05, 0) is 44.0 Å². The minimum Gasteiger partial charge on any atom is -0.338 e. The number of rotatable bonds is 2. The van der Waals surface area contributed by atoms with E-state index in [4.69, 9.17) is 0 Å². The van der Waals surface area contributed by atoms with Crippen LogP contribution in [0.5, 0.6) is 0 Å². The molecule has 0 bridgehead atoms. The second kappa shape index (κ2) is 7.50. The second-order valence-electron chi connectivity index (χ2n) is 7.82. The Morgan fingerprint density at radius 3 is 2.84 bits per heavy atom. The number of nitrogens with zero attached hydrogens (tertiary/aromatic N) is 7. The van der Waals surface area contributed by atoms with Crippen LogP contribution in [0.4, 0.5) is 13.2 Å². The molecule has 32 heavy (non-hydrogen) atoms. The lowest BCUT2D eigenvalue weighted by molar-refractivity contribution is -0.141. The lowest BCUT2D eigenvalue weighted by atomic mass is 9.93. The third-order valence-electron chi connectivity index (χ3n) is 5.62. The van der Waals surface area contributed by atoms with Gasteiger partial charge in [0.05, 0.1) is 11.3 Å². The molecule has 0 unspecified atom stereocenters. The van der Waals surface area contributed by atoms with Crippen molar-refractivity contribution in [3.8, 4) is 0 Å². The van der Waals surface area contributed by atoms with E-state index in [1.807, 2.05) is 13.0 Å². The molecule has 0 saturated carbocycles. The van der Waals surface area contributed by atoms with Gasteiger partial charge in [-0.25, -0.2) is 19.5 Å². The first-order chi connectivity index (χ1) is 15.3. The van der Waals surface area contributed by atoms with Crippen LogP contribution in [0.3, 0.4) is 0 Å². The topological polar surface area (TPSA) is 89.2 Å². The average Bonchev–Trinajstić information content (AvgIpc) is 3.25. The van der Waals surface area contributed by atoms with Gasteiger partial charge in [-0.15, -0.1) is 0 Å². The highest BCUT2D eigenvalue weighted by Crippen LogP contribution is 2.34. The Kier molecular flexibility index (Phi) is 4.75. The zero-order chi connectivity index (χ0) is 22.5. The summed E-state index contributed by atoms with van der Waals surface area (Å²) < 4.78 is 42.8. The number of aromatic nitrogens is 6. The summed E-state index contributed by atoms with van der Waals surface area (Å²) in [6, 6.07) is 6.30. The Bertz CT molecular complexity index is 1330. The van der Waals surface area contributed by atoms with Crippen LogP contribution in [0.1, 0.15) is 46.2 Å². The standard InChI is InChI=1S/C21H18F3N7O/c1-12-8-16(31-20(28-12)26-11-27-31)14-5-3-7-30(10-14)19(32)15-9-13-4-2-6-25-18(13)29-17(15)21(22,23)24/h2,4,6,8-9,11,14H,3,5,7,10H2,1H3/t14-/m0/s1.